The van der Waals surface area contributed by atoms with Gasteiger partial charge in [-0.1, -0.05) is 0 Å². The molecule has 0 saturated carbocycles. The summed E-state index contributed by atoms with van der Waals surface area (Å²) < 4.78 is 55.4. The van der Waals surface area contributed by atoms with Gasteiger partial charge in [0.2, 0.25) is 0 Å². The van der Waals surface area contributed by atoms with E-state index in [4.69, 9.17) is 19.9 Å². The lowest BCUT2D eigenvalue weighted by Gasteiger charge is -2.08. The minimum atomic E-state index is -0.922. The molecule has 0 saturated heterocycles. The van der Waals surface area contributed by atoms with Crippen LogP contribution >= 0.6 is 0 Å². The highest BCUT2D eigenvalue weighted by Crippen LogP contribution is 2.15. The first kappa shape index (κ1) is 20.9. The Hall–Kier alpha value is -1.15. The van der Waals surface area contributed by atoms with Crippen LogP contribution in [-0.2, 0) is 20.6 Å². The van der Waals surface area contributed by atoms with Crippen molar-refractivity contribution in [2.75, 3.05) is 46.2 Å². The van der Waals surface area contributed by atoms with Crippen molar-refractivity contribution in [3.8, 4) is 0 Å². The Kier molecular flexibility index (Phi) is 11.5. The Morgan fingerprint density at radius 2 is 1.25 bits per heavy atom. The molecule has 1 aromatic carbocycles. The van der Waals surface area contributed by atoms with E-state index in [1.54, 1.807) is 0 Å². The maximum Gasteiger partial charge on any atom is 0.132 e. The molecule has 0 atom stereocenters. The van der Waals surface area contributed by atoms with Crippen molar-refractivity contribution < 1.29 is 27.4 Å². The molecule has 0 spiro atoms. The van der Waals surface area contributed by atoms with E-state index in [2.05, 4.69) is 0 Å². The van der Waals surface area contributed by atoms with Gasteiger partial charge in [-0.05, 0) is 19.3 Å². The van der Waals surface area contributed by atoms with Crippen molar-refractivity contribution in [1.82, 2.24) is 0 Å². The number of benzene rings is 1. The summed E-state index contributed by atoms with van der Waals surface area (Å²) in [6, 6.07) is 1.34. The zero-order valence-electron chi connectivity index (χ0n) is 13.9. The number of nitrogens with two attached hydrogens (primary N) is 1. The number of hydrogen-bond acceptors (Lipinski definition) is 4. The molecule has 7 heteroatoms. The van der Waals surface area contributed by atoms with Crippen LogP contribution < -0.4 is 5.73 Å². The van der Waals surface area contributed by atoms with Crippen LogP contribution in [0.1, 0.15) is 24.8 Å². The molecule has 0 amide bonds. The molecule has 0 radical (unpaired) electrons. The summed E-state index contributed by atoms with van der Waals surface area (Å²) in [6.07, 6.45) is 3.00. The van der Waals surface area contributed by atoms with Crippen LogP contribution in [0.5, 0.6) is 0 Å². The minimum absolute atomic E-state index is 0.0563. The van der Waals surface area contributed by atoms with Gasteiger partial charge in [-0.15, -0.1) is 0 Å². The van der Waals surface area contributed by atoms with Gasteiger partial charge in [-0.3, -0.25) is 0 Å². The lowest BCUT2D eigenvalue weighted by atomic mass is 10.1. The molecule has 0 fully saturated rings. The number of unbranched alkanes of at least 4 members (excludes halogenated alkanes) is 2. The summed E-state index contributed by atoms with van der Waals surface area (Å²) in [4.78, 5) is 0. The molecule has 0 aliphatic heterocycles. The zero-order valence-corrected chi connectivity index (χ0v) is 13.9. The molecular formula is C17H26F3NO3. The third-order valence-electron chi connectivity index (χ3n) is 3.31. The number of hydrogen-bond donors (Lipinski definition) is 1. The Balaban J connectivity index is 1.94. The predicted molar refractivity (Wildman–Crippen MR) is 85.4 cm³/mol. The largest absolute Gasteiger partial charge is 0.380 e. The van der Waals surface area contributed by atoms with Crippen molar-refractivity contribution in [3.05, 3.63) is 35.1 Å². The van der Waals surface area contributed by atoms with Gasteiger partial charge < -0.3 is 19.9 Å². The molecule has 1 aromatic rings. The predicted octanol–water partition coefficient (Wildman–Crippen LogP) is 2.83. The van der Waals surface area contributed by atoms with Crippen molar-refractivity contribution in [3.63, 3.8) is 0 Å². The van der Waals surface area contributed by atoms with Gasteiger partial charge in [0.1, 0.15) is 17.5 Å². The Labute approximate surface area is 141 Å². The van der Waals surface area contributed by atoms with E-state index in [9.17, 15) is 13.2 Å². The van der Waals surface area contributed by atoms with E-state index in [1.807, 2.05) is 0 Å². The highest BCUT2D eigenvalue weighted by molar-refractivity contribution is 5.20. The van der Waals surface area contributed by atoms with Crippen LogP contribution in [0.25, 0.3) is 0 Å². The first-order valence-electron chi connectivity index (χ1n) is 8.22. The monoisotopic (exact) mass is 349 g/mol. The SMILES string of the molecule is NCCOCCCCCOCCOCCc1c(F)cc(F)cc1F. The number of ether oxygens (including phenoxy) is 3. The van der Waals surface area contributed by atoms with Gasteiger partial charge in [0.25, 0.3) is 0 Å². The lowest BCUT2D eigenvalue weighted by molar-refractivity contribution is 0.0462. The normalized spacial score (nSPS) is 11.2. The molecule has 138 valence electrons. The molecule has 24 heavy (non-hydrogen) atoms. The highest BCUT2D eigenvalue weighted by atomic mass is 19.1. The maximum atomic E-state index is 13.4. The van der Waals surface area contributed by atoms with E-state index >= 15 is 0 Å². The van der Waals surface area contributed by atoms with Gasteiger partial charge in [0, 0.05) is 43.9 Å². The third kappa shape index (κ3) is 9.22. The molecule has 2 N–H and O–H groups in total. The smallest absolute Gasteiger partial charge is 0.132 e. The number of halogens is 3. The quantitative estimate of drug-likeness (QED) is 0.525. The van der Waals surface area contributed by atoms with Gasteiger partial charge >= 0.3 is 0 Å². The molecule has 0 aromatic heterocycles. The summed E-state index contributed by atoms with van der Waals surface area (Å²) in [5.74, 6) is -2.69. The van der Waals surface area contributed by atoms with Gasteiger partial charge in [-0.2, -0.15) is 0 Å². The second-order valence-corrected chi connectivity index (χ2v) is 5.28. The molecule has 0 aliphatic carbocycles. The fourth-order valence-corrected chi connectivity index (χ4v) is 2.08. The van der Waals surface area contributed by atoms with Crippen molar-refractivity contribution in [1.29, 1.82) is 0 Å². The van der Waals surface area contributed by atoms with Crippen LogP contribution in [-0.4, -0.2) is 46.2 Å². The molecule has 4 nitrogen and oxygen atoms in total. The Morgan fingerprint density at radius 1 is 0.708 bits per heavy atom. The van der Waals surface area contributed by atoms with Crippen LogP contribution in [0.15, 0.2) is 12.1 Å². The molecule has 1 rings (SSSR count). The second-order valence-electron chi connectivity index (χ2n) is 5.28. The van der Waals surface area contributed by atoms with E-state index in [-0.39, 0.29) is 18.6 Å². The first-order chi connectivity index (χ1) is 11.6. The second kappa shape index (κ2) is 13.2. The molecule has 0 bridgehead atoms. The average Bonchev–Trinajstić information content (AvgIpc) is 2.53. The third-order valence-corrected chi connectivity index (χ3v) is 3.31. The Bertz CT molecular complexity index is 438. The van der Waals surface area contributed by atoms with Crippen LogP contribution in [0.4, 0.5) is 13.2 Å². The fraction of sp³-hybridized carbons (Fsp3) is 0.647. The van der Waals surface area contributed by atoms with Crippen LogP contribution in [0, 0.1) is 17.5 Å². The van der Waals surface area contributed by atoms with Crippen molar-refractivity contribution >= 4 is 0 Å². The van der Waals surface area contributed by atoms with Crippen molar-refractivity contribution in [2.24, 2.45) is 5.73 Å². The minimum Gasteiger partial charge on any atom is -0.380 e. The number of rotatable bonds is 14. The summed E-state index contributed by atoms with van der Waals surface area (Å²) in [6.45, 7) is 3.44. The van der Waals surface area contributed by atoms with E-state index in [0.29, 0.717) is 45.1 Å². The average molecular weight is 349 g/mol. The summed E-state index contributed by atoms with van der Waals surface area (Å²) in [5.41, 5.74) is 5.15. The highest BCUT2D eigenvalue weighted by Gasteiger charge is 2.10. The van der Waals surface area contributed by atoms with Gasteiger partial charge in [-0.25, -0.2) is 13.2 Å². The van der Waals surface area contributed by atoms with E-state index < -0.39 is 17.5 Å². The molecule has 0 heterocycles. The van der Waals surface area contributed by atoms with Crippen molar-refractivity contribution in [2.45, 2.75) is 25.7 Å². The summed E-state index contributed by atoms with van der Waals surface area (Å²) in [7, 11) is 0. The first-order valence-corrected chi connectivity index (χ1v) is 8.22. The zero-order chi connectivity index (χ0) is 17.6. The molecular weight excluding hydrogens is 323 g/mol. The molecule has 0 unspecified atom stereocenters. The van der Waals surface area contributed by atoms with E-state index in [1.165, 1.54) is 0 Å². The topological polar surface area (TPSA) is 53.7 Å². The van der Waals surface area contributed by atoms with Crippen LogP contribution in [0.2, 0.25) is 0 Å². The Morgan fingerprint density at radius 3 is 1.83 bits per heavy atom. The molecule has 0 aliphatic rings. The summed E-state index contributed by atoms with van der Waals surface area (Å²) in [5, 5.41) is 0. The lowest BCUT2D eigenvalue weighted by Crippen LogP contribution is -2.10. The fourth-order valence-electron chi connectivity index (χ4n) is 2.08. The van der Waals surface area contributed by atoms with Crippen LogP contribution in [0.3, 0.4) is 0 Å². The van der Waals surface area contributed by atoms with E-state index in [0.717, 1.165) is 25.9 Å². The standard InChI is InChI=1S/C17H26F3NO3/c18-14-12-16(19)15(17(20)13-14)4-8-24-11-10-23-7-3-1-2-6-22-9-5-21/h12-13H,1-11,21H2. The van der Waals surface area contributed by atoms with Gasteiger partial charge in [0.15, 0.2) is 0 Å². The summed E-state index contributed by atoms with van der Waals surface area (Å²) >= 11 is 0. The maximum absolute atomic E-state index is 13.4. The van der Waals surface area contributed by atoms with Gasteiger partial charge in [0.05, 0.1) is 26.4 Å².